The van der Waals surface area contributed by atoms with Gasteiger partial charge in [0.05, 0.1) is 6.26 Å². The first-order valence-electron chi connectivity index (χ1n) is 6.59. The molecule has 0 saturated heterocycles. The van der Waals surface area contributed by atoms with E-state index in [1.54, 1.807) is 6.26 Å². The zero-order valence-electron chi connectivity index (χ0n) is 10.9. The molecule has 0 atom stereocenters. The topological polar surface area (TPSA) is 16.4 Å². The Bertz CT molecular complexity index is 757. The third-order valence-corrected chi connectivity index (χ3v) is 3.92. The Kier molecular flexibility index (Phi) is 2.26. The molecular formula is C17H15NO. The molecule has 1 aliphatic heterocycles. The van der Waals surface area contributed by atoms with Crippen LogP contribution in [0.2, 0.25) is 0 Å². The van der Waals surface area contributed by atoms with Crippen LogP contribution in [0.4, 0.5) is 0 Å². The van der Waals surface area contributed by atoms with Crippen molar-refractivity contribution in [3.63, 3.8) is 0 Å². The number of nitrogens with zero attached hydrogens (tertiary/aromatic N) is 1. The van der Waals surface area contributed by atoms with Crippen molar-refractivity contribution in [1.29, 1.82) is 0 Å². The molecule has 2 aromatic carbocycles. The van der Waals surface area contributed by atoms with Crippen molar-refractivity contribution in [2.45, 2.75) is 13.1 Å². The zero-order valence-corrected chi connectivity index (χ0v) is 10.9. The zero-order chi connectivity index (χ0) is 12.8. The SMILES string of the molecule is CN1Cc2ccccc2-c2ccc3occc3c2C1. The molecule has 2 heteroatoms. The molecule has 0 bridgehead atoms. The van der Waals surface area contributed by atoms with Crippen molar-refractivity contribution < 1.29 is 4.42 Å². The fourth-order valence-electron chi connectivity index (χ4n) is 3.06. The van der Waals surface area contributed by atoms with Gasteiger partial charge in [-0.25, -0.2) is 0 Å². The highest BCUT2D eigenvalue weighted by Gasteiger charge is 2.19. The van der Waals surface area contributed by atoms with Gasteiger partial charge >= 0.3 is 0 Å². The second-order valence-corrected chi connectivity index (χ2v) is 5.25. The lowest BCUT2D eigenvalue weighted by molar-refractivity contribution is 0.324. The van der Waals surface area contributed by atoms with E-state index in [4.69, 9.17) is 4.42 Å². The lowest BCUT2D eigenvalue weighted by Crippen LogP contribution is -2.15. The van der Waals surface area contributed by atoms with Crippen LogP contribution in [-0.2, 0) is 13.1 Å². The molecule has 2 heterocycles. The number of hydrogen-bond acceptors (Lipinski definition) is 2. The molecule has 0 unspecified atom stereocenters. The van der Waals surface area contributed by atoms with Gasteiger partial charge in [0, 0.05) is 18.5 Å². The third kappa shape index (κ3) is 1.60. The Morgan fingerprint density at radius 2 is 1.84 bits per heavy atom. The van der Waals surface area contributed by atoms with Crippen LogP contribution in [-0.4, -0.2) is 11.9 Å². The molecular weight excluding hydrogens is 234 g/mol. The summed E-state index contributed by atoms with van der Waals surface area (Å²) in [6, 6.07) is 15.0. The van der Waals surface area contributed by atoms with E-state index in [1.165, 1.54) is 27.6 Å². The summed E-state index contributed by atoms with van der Waals surface area (Å²) in [4.78, 5) is 2.36. The van der Waals surface area contributed by atoms with Crippen LogP contribution in [0.1, 0.15) is 11.1 Å². The lowest BCUT2D eigenvalue weighted by atomic mass is 9.95. The quantitative estimate of drug-likeness (QED) is 0.597. The van der Waals surface area contributed by atoms with Gasteiger partial charge in [-0.3, -0.25) is 4.90 Å². The molecule has 1 aromatic heterocycles. The normalized spacial score (nSPS) is 15.0. The molecule has 0 aliphatic carbocycles. The number of benzene rings is 2. The molecule has 0 radical (unpaired) electrons. The van der Waals surface area contributed by atoms with Crippen LogP contribution in [0.15, 0.2) is 53.1 Å². The predicted octanol–water partition coefficient (Wildman–Crippen LogP) is 4.05. The molecule has 0 saturated carbocycles. The smallest absolute Gasteiger partial charge is 0.134 e. The molecule has 3 aromatic rings. The molecule has 4 rings (SSSR count). The highest BCUT2D eigenvalue weighted by molar-refractivity contribution is 5.89. The van der Waals surface area contributed by atoms with Crippen molar-refractivity contribution in [2.75, 3.05) is 7.05 Å². The van der Waals surface area contributed by atoms with E-state index in [2.05, 4.69) is 54.4 Å². The van der Waals surface area contributed by atoms with Gasteiger partial charge in [0.25, 0.3) is 0 Å². The predicted molar refractivity (Wildman–Crippen MR) is 76.8 cm³/mol. The van der Waals surface area contributed by atoms with E-state index in [0.717, 1.165) is 18.7 Å². The van der Waals surface area contributed by atoms with Crippen LogP contribution in [0, 0.1) is 0 Å². The monoisotopic (exact) mass is 249 g/mol. The molecule has 0 fully saturated rings. The summed E-state index contributed by atoms with van der Waals surface area (Å²) < 4.78 is 5.53. The van der Waals surface area contributed by atoms with E-state index < -0.39 is 0 Å². The summed E-state index contributed by atoms with van der Waals surface area (Å²) in [6.07, 6.45) is 1.78. The summed E-state index contributed by atoms with van der Waals surface area (Å²) >= 11 is 0. The van der Waals surface area contributed by atoms with Gasteiger partial charge in [0.2, 0.25) is 0 Å². The van der Waals surface area contributed by atoms with Gasteiger partial charge in [0.1, 0.15) is 5.58 Å². The average molecular weight is 249 g/mol. The van der Waals surface area contributed by atoms with E-state index in [9.17, 15) is 0 Å². The molecule has 1 aliphatic rings. The standard InChI is InChI=1S/C17H15NO/c1-18-10-12-4-2-3-5-13(12)14-6-7-17-15(8-9-19-17)16(14)11-18/h2-9H,10-11H2,1H3. The van der Waals surface area contributed by atoms with Crippen LogP contribution in [0.5, 0.6) is 0 Å². The minimum atomic E-state index is 0.959. The van der Waals surface area contributed by atoms with Gasteiger partial charge in [-0.2, -0.15) is 0 Å². The van der Waals surface area contributed by atoms with Gasteiger partial charge in [-0.1, -0.05) is 30.3 Å². The Labute approximate surface area is 112 Å². The van der Waals surface area contributed by atoms with Crippen LogP contribution in [0.3, 0.4) is 0 Å². The summed E-state index contributed by atoms with van der Waals surface area (Å²) in [5, 5.41) is 1.24. The Balaban J connectivity index is 2.09. The maximum Gasteiger partial charge on any atom is 0.134 e. The van der Waals surface area contributed by atoms with Crippen molar-refractivity contribution >= 4 is 11.0 Å². The van der Waals surface area contributed by atoms with Gasteiger partial charge in [-0.15, -0.1) is 0 Å². The van der Waals surface area contributed by atoms with Gasteiger partial charge in [-0.05, 0) is 41.4 Å². The first kappa shape index (κ1) is 10.8. The van der Waals surface area contributed by atoms with Crippen LogP contribution >= 0.6 is 0 Å². The van der Waals surface area contributed by atoms with Crippen LogP contribution in [0.25, 0.3) is 22.1 Å². The van der Waals surface area contributed by atoms with Crippen molar-refractivity contribution in [3.05, 3.63) is 59.9 Å². The summed E-state index contributed by atoms with van der Waals surface area (Å²) in [5.74, 6) is 0. The van der Waals surface area contributed by atoms with Crippen molar-refractivity contribution in [2.24, 2.45) is 0 Å². The summed E-state index contributed by atoms with van der Waals surface area (Å²) in [6.45, 7) is 1.95. The van der Waals surface area contributed by atoms with E-state index >= 15 is 0 Å². The van der Waals surface area contributed by atoms with Crippen LogP contribution < -0.4 is 0 Å². The highest BCUT2D eigenvalue weighted by atomic mass is 16.3. The maximum absolute atomic E-state index is 5.53. The number of hydrogen-bond donors (Lipinski definition) is 0. The fourth-order valence-corrected chi connectivity index (χ4v) is 3.06. The van der Waals surface area contributed by atoms with E-state index in [1.807, 2.05) is 0 Å². The summed E-state index contributed by atoms with van der Waals surface area (Å²) in [7, 11) is 2.17. The first-order valence-corrected chi connectivity index (χ1v) is 6.59. The molecule has 0 amide bonds. The minimum absolute atomic E-state index is 0.959. The average Bonchev–Trinajstić information content (AvgIpc) is 2.83. The first-order chi connectivity index (χ1) is 9.33. The second kappa shape index (κ2) is 3.97. The highest BCUT2D eigenvalue weighted by Crippen LogP contribution is 2.36. The van der Waals surface area contributed by atoms with Gasteiger partial charge < -0.3 is 4.42 Å². The number of furan rings is 1. The Morgan fingerprint density at radius 3 is 2.79 bits per heavy atom. The molecule has 94 valence electrons. The van der Waals surface area contributed by atoms with Crippen molar-refractivity contribution in [1.82, 2.24) is 4.90 Å². The van der Waals surface area contributed by atoms with E-state index in [0.29, 0.717) is 0 Å². The third-order valence-electron chi connectivity index (χ3n) is 3.92. The molecule has 0 N–H and O–H groups in total. The number of rotatable bonds is 0. The fraction of sp³-hybridized carbons (Fsp3) is 0.176. The Hall–Kier alpha value is -2.06. The Morgan fingerprint density at radius 1 is 0.947 bits per heavy atom. The molecule has 19 heavy (non-hydrogen) atoms. The summed E-state index contributed by atoms with van der Waals surface area (Å²) in [5.41, 5.74) is 6.44. The molecule has 0 spiro atoms. The maximum atomic E-state index is 5.53. The van der Waals surface area contributed by atoms with Gasteiger partial charge in [0.15, 0.2) is 0 Å². The minimum Gasteiger partial charge on any atom is -0.464 e. The lowest BCUT2D eigenvalue weighted by Gasteiger charge is -2.14. The second-order valence-electron chi connectivity index (χ2n) is 5.25. The van der Waals surface area contributed by atoms with Crippen molar-refractivity contribution in [3.8, 4) is 11.1 Å². The largest absolute Gasteiger partial charge is 0.464 e. The molecule has 2 nitrogen and oxygen atoms in total. The number of fused-ring (bicyclic) bond motifs is 5. The van der Waals surface area contributed by atoms with E-state index in [-0.39, 0.29) is 0 Å².